The summed E-state index contributed by atoms with van der Waals surface area (Å²) in [5.41, 5.74) is 6.20. The number of nitrogens with zero attached hydrogens (tertiary/aromatic N) is 1. The number of hydrogen-bond donors (Lipinski definition) is 1. The van der Waals surface area contributed by atoms with Gasteiger partial charge in [0, 0.05) is 6.04 Å². The SMILES string of the molecule is CN(CCC1(CN)CCC1)C1CCS(=O)(=O)C1. The maximum atomic E-state index is 11.4. The lowest BCUT2D eigenvalue weighted by Gasteiger charge is -2.42. The largest absolute Gasteiger partial charge is 0.330 e. The zero-order valence-corrected chi connectivity index (χ0v) is 11.5. The number of rotatable bonds is 5. The summed E-state index contributed by atoms with van der Waals surface area (Å²) in [5.74, 6) is 0.711. The molecule has 0 aromatic rings. The Morgan fingerprint density at radius 1 is 1.41 bits per heavy atom. The van der Waals surface area contributed by atoms with E-state index in [4.69, 9.17) is 5.73 Å². The predicted octanol–water partition coefficient (Wildman–Crippen LogP) is 0.624. The van der Waals surface area contributed by atoms with Gasteiger partial charge in [-0.1, -0.05) is 6.42 Å². The molecule has 2 N–H and O–H groups in total. The average molecular weight is 260 g/mol. The molecule has 2 aliphatic rings. The minimum atomic E-state index is -2.76. The van der Waals surface area contributed by atoms with Crippen LogP contribution in [0.4, 0.5) is 0 Å². The lowest BCUT2D eigenvalue weighted by atomic mass is 9.66. The second-order valence-electron chi connectivity index (χ2n) is 5.85. The third kappa shape index (κ3) is 3.01. The van der Waals surface area contributed by atoms with Crippen LogP contribution in [0, 0.1) is 5.41 Å². The molecule has 0 radical (unpaired) electrons. The van der Waals surface area contributed by atoms with Crippen LogP contribution < -0.4 is 5.73 Å². The van der Waals surface area contributed by atoms with E-state index >= 15 is 0 Å². The minimum absolute atomic E-state index is 0.231. The molecule has 1 unspecified atom stereocenters. The molecule has 0 aromatic carbocycles. The van der Waals surface area contributed by atoms with E-state index in [0.29, 0.717) is 16.9 Å². The van der Waals surface area contributed by atoms with Crippen LogP contribution in [0.2, 0.25) is 0 Å². The molecular formula is C12H24N2O2S. The van der Waals surface area contributed by atoms with Gasteiger partial charge in [-0.3, -0.25) is 0 Å². The van der Waals surface area contributed by atoms with Crippen molar-refractivity contribution < 1.29 is 8.42 Å². The third-order valence-corrected chi connectivity index (χ3v) is 6.42. The van der Waals surface area contributed by atoms with Crippen LogP contribution in [0.5, 0.6) is 0 Å². The van der Waals surface area contributed by atoms with E-state index in [1.54, 1.807) is 0 Å². The van der Waals surface area contributed by atoms with Gasteiger partial charge in [-0.05, 0) is 51.2 Å². The van der Waals surface area contributed by atoms with Gasteiger partial charge in [-0.2, -0.15) is 0 Å². The summed E-state index contributed by atoms with van der Waals surface area (Å²) in [6.07, 6.45) is 5.73. The highest BCUT2D eigenvalue weighted by Gasteiger charge is 2.36. The normalized spacial score (nSPS) is 30.4. The smallest absolute Gasteiger partial charge is 0.151 e. The first-order valence-electron chi connectivity index (χ1n) is 6.57. The highest BCUT2D eigenvalue weighted by molar-refractivity contribution is 7.91. The van der Waals surface area contributed by atoms with Crippen molar-refractivity contribution in [1.29, 1.82) is 0 Å². The summed E-state index contributed by atoms with van der Waals surface area (Å²) in [5, 5.41) is 0. The molecule has 4 nitrogen and oxygen atoms in total. The number of sulfone groups is 1. The fraction of sp³-hybridized carbons (Fsp3) is 1.00. The van der Waals surface area contributed by atoms with E-state index in [-0.39, 0.29) is 6.04 Å². The Kier molecular flexibility index (Phi) is 3.80. The monoisotopic (exact) mass is 260 g/mol. The molecule has 2 fully saturated rings. The Morgan fingerprint density at radius 2 is 2.12 bits per heavy atom. The van der Waals surface area contributed by atoms with E-state index in [1.807, 2.05) is 7.05 Å². The van der Waals surface area contributed by atoms with Crippen molar-refractivity contribution in [3.8, 4) is 0 Å². The van der Waals surface area contributed by atoms with Crippen molar-refractivity contribution in [3.63, 3.8) is 0 Å². The standard InChI is InChI=1S/C12H24N2O2S/c1-14(11-3-8-17(15,16)9-11)7-6-12(10-13)4-2-5-12/h11H,2-10,13H2,1H3. The lowest BCUT2D eigenvalue weighted by molar-refractivity contribution is 0.104. The molecule has 2 rings (SSSR count). The summed E-state index contributed by atoms with van der Waals surface area (Å²) in [7, 11) is -0.708. The molecule has 100 valence electrons. The van der Waals surface area contributed by atoms with Gasteiger partial charge in [0.2, 0.25) is 0 Å². The van der Waals surface area contributed by atoms with Crippen molar-refractivity contribution in [3.05, 3.63) is 0 Å². The van der Waals surface area contributed by atoms with E-state index in [1.165, 1.54) is 19.3 Å². The zero-order chi connectivity index (χ0) is 12.5. The Hall–Kier alpha value is -0.130. The molecule has 1 heterocycles. The van der Waals surface area contributed by atoms with E-state index < -0.39 is 9.84 Å². The summed E-state index contributed by atoms with van der Waals surface area (Å²) in [6, 6.07) is 0.231. The lowest BCUT2D eigenvalue weighted by Crippen LogP contribution is -2.42. The maximum Gasteiger partial charge on any atom is 0.151 e. The van der Waals surface area contributed by atoms with E-state index in [2.05, 4.69) is 4.90 Å². The predicted molar refractivity (Wildman–Crippen MR) is 69.6 cm³/mol. The molecule has 1 saturated carbocycles. The Labute approximate surface area is 104 Å². The molecule has 17 heavy (non-hydrogen) atoms. The first kappa shape index (κ1) is 13.3. The summed E-state index contributed by atoms with van der Waals surface area (Å²) in [4.78, 5) is 2.22. The van der Waals surface area contributed by atoms with Gasteiger partial charge >= 0.3 is 0 Å². The number of hydrogen-bond acceptors (Lipinski definition) is 4. The van der Waals surface area contributed by atoms with Crippen LogP contribution in [-0.4, -0.2) is 51.0 Å². The van der Waals surface area contributed by atoms with Gasteiger partial charge in [0.1, 0.15) is 0 Å². The second-order valence-corrected chi connectivity index (χ2v) is 8.07. The minimum Gasteiger partial charge on any atom is -0.330 e. The molecule has 5 heteroatoms. The summed E-state index contributed by atoms with van der Waals surface area (Å²) >= 11 is 0. The van der Waals surface area contributed by atoms with Crippen molar-refractivity contribution in [2.75, 3.05) is 31.6 Å². The van der Waals surface area contributed by atoms with Crippen molar-refractivity contribution in [2.24, 2.45) is 11.1 Å². The zero-order valence-electron chi connectivity index (χ0n) is 10.7. The van der Waals surface area contributed by atoms with Crippen LogP contribution in [0.1, 0.15) is 32.1 Å². The topological polar surface area (TPSA) is 63.4 Å². The molecule has 0 aromatic heterocycles. The highest BCUT2D eigenvalue weighted by atomic mass is 32.2. The average Bonchev–Trinajstić information content (AvgIpc) is 2.58. The quantitative estimate of drug-likeness (QED) is 0.787. The Morgan fingerprint density at radius 3 is 2.53 bits per heavy atom. The van der Waals surface area contributed by atoms with Crippen LogP contribution in [0.25, 0.3) is 0 Å². The van der Waals surface area contributed by atoms with Crippen LogP contribution in [0.3, 0.4) is 0 Å². The first-order valence-corrected chi connectivity index (χ1v) is 8.39. The summed E-state index contributed by atoms with van der Waals surface area (Å²) < 4.78 is 22.8. The molecule has 1 aliphatic carbocycles. The van der Waals surface area contributed by atoms with Gasteiger partial charge in [-0.15, -0.1) is 0 Å². The fourth-order valence-corrected chi connectivity index (χ4v) is 4.76. The number of nitrogens with two attached hydrogens (primary N) is 1. The first-order chi connectivity index (χ1) is 7.96. The molecule has 1 aliphatic heterocycles. The van der Waals surface area contributed by atoms with Gasteiger partial charge in [-0.25, -0.2) is 8.42 Å². The van der Waals surface area contributed by atoms with Crippen molar-refractivity contribution in [2.45, 2.75) is 38.1 Å². The Balaban J connectivity index is 1.80. The van der Waals surface area contributed by atoms with Crippen molar-refractivity contribution in [1.82, 2.24) is 4.90 Å². The summed E-state index contributed by atoms with van der Waals surface area (Å²) in [6.45, 7) is 1.77. The van der Waals surface area contributed by atoms with Crippen LogP contribution >= 0.6 is 0 Å². The molecule has 0 amide bonds. The highest BCUT2D eigenvalue weighted by Crippen LogP contribution is 2.43. The molecule has 0 bridgehead atoms. The second kappa shape index (κ2) is 4.86. The van der Waals surface area contributed by atoms with Crippen molar-refractivity contribution >= 4 is 9.84 Å². The van der Waals surface area contributed by atoms with E-state index in [0.717, 1.165) is 25.9 Å². The maximum absolute atomic E-state index is 11.4. The fourth-order valence-electron chi connectivity index (χ4n) is 2.95. The molecule has 0 spiro atoms. The van der Waals surface area contributed by atoms with Gasteiger partial charge in [0.25, 0.3) is 0 Å². The molecule has 1 atom stereocenters. The third-order valence-electron chi connectivity index (χ3n) is 4.67. The van der Waals surface area contributed by atoms with Gasteiger partial charge < -0.3 is 10.6 Å². The Bertz CT molecular complexity index is 357. The van der Waals surface area contributed by atoms with Crippen LogP contribution in [0.15, 0.2) is 0 Å². The van der Waals surface area contributed by atoms with Crippen LogP contribution in [-0.2, 0) is 9.84 Å². The molecule has 1 saturated heterocycles. The molecular weight excluding hydrogens is 236 g/mol. The van der Waals surface area contributed by atoms with Gasteiger partial charge in [0.05, 0.1) is 11.5 Å². The van der Waals surface area contributed by atoms with Gasteiger partial charge in [0.15, 0.2) is 9.84 Å². The van der Waals surface area contributed by atoms with E-state index in [9.17, 15) is 8.42 Å².